The number of ketones is 1. The summed E-state index contributed by atoms with van der Waals surface area (Å²) in [4.78, 5) is 45.7. The maximum atomic E-state index is 14.0. The number of hydrogen-bond donors (Lipinski definition) is 1. The molecular weight excluding hydrogens is 418 g/mol. The van der Waals surface area contributed by atoms with Gasteiger partial charge in [0.05, 0.1) is 11.3 Å². The first kappa shape index (κ1) is 22.7. The number of Topliss-reactive ketones (excluding diaryl/α,β-unsaturated/α-hetero) is 1. The number of aliphatic hydroxyl groups excluding tert-OH is 1. The topological polar surface area (TPSA) is 81.2 Å². The van der Waals surface area contributed by atoms with Crippen LogP contribution in [0, 0.1) is 6.92 Å². The lowest BCUT2D eigenvalue weighted by Gasteiger charge is -2.34. The molecule has 2 amide bonds. The summed E-state index contributed by atoms with van der Waals surface area (Å²) in [6.45, 7) is 5.05. The van der Waals surface area contributed by atoms with Crippen LogP contribution in [0.5, 0.6) is 0 Å². The van der Waals surface area contributed by atoms with Crippen molar-refractivity contribution in [3.63, 3.8) is 0 Å². The molecule has 7 nitrogen and oxygen atoms in total. The number of anilines is 1. The number of benzene rings is 2. The first-order valence-corrected chi connectivity index (χ1v) is 11.2. The maximum absolute atomic E-state index is 14.0. The van der Waals surface area contributed by atoms with E-state index >= 15 is 0 Å². The van der Waals surface area contributed by atoms with E-state index in [1.54, 1.807) is 29.2 Å². The van der Waals surface area contributed by atoms with Gasteiger partial charge in [-0.25, -0.2) is 0 Å². The Labute approximate surface area is 193 Å². The van der Waals surface area contributed by atoms with Crippen LogP contribution in [0.2, 0.25) is 0 Å². The number of likely N-dealkylation sites (N-methyl/N-ethyl adjacent to an activating group) is 1. The molecule has 2 aromatic rings. The van der Waals surface area contributed by atoms with Gasteiger partial charge in [0.1, 0.15) is 5.76 Å². The van der Waals surface area contributed by atoms with Crippen LogP contribution in [0.1, 0.15) is 30.0 Å². The third-order valence-electron chi connectivity index (χ3n) is 6.44. The Kier molecular flexibility index (Phi) is 5.84. The molecule has 0 aromatic heterocycles. The van der Waals surface area contributed by atoms with E-state index in [4.69, 9.17) is 0 Å². The minimum absolute atomic E-state index is 0.158. The number of carbonyl (C=O) groups excluding carboxylic acids is 3. The van der Waals surface area contributed by atoms with Gasteiger partial charge in [-0.1, -0.05) is 48.0 Å². The number of aryl methyl sites for hydroxylation is 1. The van der Waals surface area contributed by atoms with Crippen LogP contribution >= 0.6 is 0 Å². The molecule has 0 aliphatic carbocycles. The van der Waals surface area contributed by atoms with Crippen molar-refractivity contribution in [1.29, 1.82) is 0 Å². The highest BCUT2D eigenvalue weighted by Gasteiger charge is 2.66. The third-order valence-corrected chi connectivity index (χ3v) is 6.44. The lowest BCUT2D eigenvalue weighted by Crippen LogP contribution is -2.52. The van der Waals surface area contributed by atoms with Gasteiger partial charge in [0, 0.05) is 24.2 Å². The van der Waals surface area contributed by atoms with E-state index in [-0.39, 0.29) is 23.8 Å². The van der Waals surface area contributed by atoms with E-state index in [0.717, 1.165) is 5.56 Å². The SMILES string of the molecule is CCN1C(=O)C2(/C(=C(\O)c3ccc(C)cc3)C(=O)C(=O)N2CCCN(C)C)c2ccccc21. The number of amides is 2. The first-order valence-electron chi connectivity index (χ1n) is 11.2. The van der Waals surface area contributed by atoms with Crippen LogP contribution in [0.25, 0.3) is 5.76 Å². The Morgan fingerprint density at radius 1 is 1.03 bits per heavy atom. The number of likely N-dealkylation sites (tertiary alicyclic amines) is 1. The Hall–Kier alpha value is -3.45. The van der Waals surface area contributed by atoms with Gasteiger partial charge in [-0.2, -0.15) is 0 Å². The first-order chi connectivity index (χ1) is 15.7. The molecule has 1 atom stereocenters. The molecule has 0 radical (unpaired) electrons. The molecule has 33 heavy (non-hydrogen) atoms. The van der Waals surface area contributed by atoms with Crippen molar-refractivity contribution in [1.82, 2.24) is 9.80 Å². The van der Waals surface area contributed by atoms with Crippen LogP contribution in [-0.2, 0) is 19.9 Å². The van der Waals surface area contributed by atoms with E-state index in [2.05, 4.69) is 0 Å². The number of carbonyl (C=O) groups is 3. The molecule has 172 valence electrons. The van der Waals surface area contributed by atoms with E-state index < -0.39 is 17.2 Å². The van der Waals surface area contributed by atoms with Crippen molar-refractivity contribution in [2.45, 2.75) is 25.8 Å². The van der Waals surface area contributed by atoms with Gasteiger partial charge < -0.3 is 19.8 Å². The van der Waals surface area contributed by atoms with Crippen molar-refractivity contribution in [3.8, 4) is 0 Å². The number of nitrogens with zero attached hydrogens (tertiary/aromatic N) is 3. The molecule has 1 N–H and O–H groups in total. The van der Waals surface area contributed by atoms with E-state index in [1.165, 1.54) is 4.90 Å². The molecule has 2 aliphatic heterocycles. The van der Waals surface area contributed by atoms with Gasteiger partial charge in [-0.15, -0.1) is 0 Å². The van der Waals surface area contributed by atoms with Gasteiger partial charge in [-0.3, -0.25) is 14.4 Å². The Morgan fingerprint density at radius 2 is 1.70 bits per heavy atom. The second kappa shape index (κ2) is 8.48. The number of para-hydroxylation sites is 1. The summed E-state index contributed by atoms with van der Waals surface area (Å²) >= 11 is 0. The fourth-order valence-electron chi connectivity index (χ4n) is 4.88. The summed E-state index contributed by atoms with van der Waals surface area (Å²) in [6, 6.07) is 14.2. The molecule has 1 saturated heterocycles. The zero-order chi connectivity index (χ0) is 23.9. The molecule has 2 heterocycles. The van der Waals surface area contributed by atoms with Crippen molar-refractivity contribution in [2.75, 3.05) is 38.6 Å². The maximum Gasteiger partial charge on any atom is 0.296 e. The second-order valence-corrected chi connectivity index (χ2v) is 8.81. The summed E-state index contributed by atoms with van der Waals surface area (Å²) < 4.78 is 0. The fraction of sp³-hybridized carbons (Fsp3) is 0.346. The number of rotatable bonds is 6. The van der Waals surface area contributed by atoms with Crippen molar-refractivity contribution < 1.29 is 19.5 Å². The van der Waals surface area contributed by atoms with E-state index in [1.807, 2.05) is 57.1 Å². The van der Waals surface area contributed by atoms with Gasteiger partial charge in [0.15, 0.2) is 5.54 Å². The van der Waals surface area contributed by atoms with Gasteiger partial charge >= 0.3 is 0 Å². The molecule has 2 aromatic carbocycles. The number of fused-ring (bicyclic) bond motifs is 2. The Balaban J connectivity index is 1.99. The molecule has 7 heteroatoms. The molecule has 0 bridgehead atoms. The van der Waals surface area contributed by atoms with Crippen molar-refractivity contribution >= 4 is 29.0 Å². The van der Waals surface area contributed by atoms with Gasteiger partial charge in [0.2, 0.25) is 0 Å². The van der Waals surface area contributed by atoms with Crippen molar-refractivity contribution in [3.05, 3.63) is 70.8 Å². The minimum Gasteiger partial charge on any atom is -0.507 e. The minimum atomic E-state index is -1.68. The van der Waals surface area contributed by atoms with Crippen LogP contribution < -0.4 is 4.90 Å². The summed E-state index contributed by atoms with van der Waals surface area (Å²) in [5.41, 5.74) is 0.752. The zero-order valence-corrected chi connectivity index (χ0v) is 19.5. The lowest BCUT2D eigenvalue weighted by molar-refractivity contribution is -0.143. The smallest absolute Gasteiger partial charge is 0.296 e. The van der Waals surface area contributed by atoms with Crippen LogP contribution in [0.4, 0.5) is 5.69 Å². The highest BCUT2D eigenvalue weighted by Crippen LogP contribution is 2.53. The highest BCUT2D eigenvalue weighted by atomic mass is 16.3. The molecule has 1 unspecified atom stereocenters. The summed E-state index contributed by atoms with van der Waals surface area (Å²) in [5.74, 6) is -2.31. The average molecular weight is 448 g/mol. The Bertz CT molecular complexity index is 1150. The summed E-state index contributed by atoms with van der Waals surface area (Å²) in [5, 5.41) is 11.4. The number of aliphatic hydroxyl groups is 1. The molecule has 2 aliphatic rings. The van der Waals surface area contributed by atoms with Gasteiger partial charge in [-0.05, 0) is 47.0 Å². The predicted molar refractivity (Wildman–Crippen MR) is 127 cm³/mol. The van der Waals surface area contributed by atoms with E-state index in [0.29, 0.717) is 36.3 Å². The molecule has 1 spiro atoms. The van der Waals surface area contributed by atoms with Crippen LogP contribution in [0.3, 0.4) is 0 Å². The molecular formula is C26H29N3O4. The van der Waals surface area contributed by atoms with Crippen LogP contribution in [0.15, 0.2) is 54.1 Å². The fourth-order valence-corrected chi connectivity index (χ4v) is 4.88. The summed E-state index contributed by atoms with van der Waals surface area (Å²) in [6.07, 6.45) is 0.577. The Morgan fingerprint density at radius 3 is 2.33 bits per heavy atom. The second-order valence-electron chi connectivity index (χ2n) is 8.81. The van der Waals surface area contributed by atoms with Crippen LogP contribution in [-0.4, -0.2) is 66.2 Å². The largest absolute Gasteiger partial charge is 0.507 e. The molecule has 4 rings (SSSR count). The molecule has 0 saturated carbocycles. The predicted octanol–water partition coefficient (Wildman–Crippen LogP) is 2.89. The monoisotopic (exact) mass is 447 g/mol. The molecule has 1 fully saturated rings. The normalized spacial score (nSPS) is 21.5. The summed E-state index contributed by atoms with van der Waals surface area (Å²) in [7, 11) is 3.85. The quantitative estimate of drug-likeness (QED) is 0.418. The lowest BCUT2D eigenvalue weighted by atomic mass is 9.81. The third kappa shape index (κ3) is 3.35. The highest BCUT2D eigenvalue weighted by molar-refractivity contribution is 6.50. The zero-order valence-electron chi connectivity index (χ0n) is 19.5. The van der Waals surface area contributed by atoms with E-state index in [9.17, 15) is 19.5 Å². The standard InChI is InChI=1S/C26H29N3O4/c1-5-28-20-10-7-6-9-19(20)26(25(28)33)21(22(30)18-13-11-17(2)12-14-18)23(31)24(32)29(26)16-8-15-27(3)4/h6-7,9-14,30H,5,8,15-16H2,1-4H3/b22-21-. The van der Waals surface area contributed by atoms with Crippen molar-refractivity contribution in [2.24, 2.45) is 0 Å². The number of hydrogen-bond acceptors (Lipinski definition) is 5. The average Bonchev–Trinajstić information content (AvgIpc) is 3.17. The van der Waals surface area contributed by atoms with Gasteiger partial charge in [0.25, 0.3) is 17.6 Å².